The van der Waals surface area contributed by atoms with Crippen molar-refractivity contribution in [2.24, 2.45) is 0 Å². The first-order valence-corrected chi connectivity index (χ1v) is 7.93. The van der Waals surface area contributed by atoms with Gasteiger partial charge in [-0.3, -0.25) is 9.59 Å². The van der Waals surface area contributed by atoms with E-state index in [2.05, 4.69) is 15.6 Å². The number of anilines is 1. The van der Waals surface area contributed by atoms with Crippen molar-refractivity contribution in [3.05, 3.63) is 23.9 Å². The van der Waals surface area contributed by atoms with Gasteiger partial charge < -0.3 is 10.6 Å². The molecule has 20 heavy (non-hydrogen) atoms. The van der Waals surface area contributed by atoms with Crippen molar-refractivity contribution in [2.75, 3.05) is 16.8 Å². The number of aryl methyl sites for hydroxylation is 1. The van der Waals surface area contributed by atoms with E-state index in [0.29, 0.717) is 12.2 Å². The second-order valence-electron chi connectivity index (χ2n) is 4.70. The third-order valence-electron chi connectivity index (χ3n) is 3.02. The van der Waals surface area contributed by atoms with Crippen LogP contribution in [0.1, 0.15) is 12.0 Å². The Balaban J connectivity index is 1.93. The number of hydrogen-bond acceptors (Lipinski definition) is 5. The number of nitrogens with one attached hydrogen (secondary N) is 2. The standard InChI is InChI=1S/C12H15N3O4S/c1-8-3-2-5-13-10(8)15-12(17)11(16)14-9-4-6-20(18,19)7-9/h2-3,5,9H,4,6-7H2,1H3,(H,14,16)(H,13,15,17). The summed E-state index contributed by atoms with van der Waals surface area (Å²) in [6.07, 6.45) is 1.84. The Morgan fingerprint density at radius 1 is 1.35 bits per heavy atom. The zero-order chi connectivity index (χ0) is 14.8. The number of amides is 2. The number of carbonyl (C=O) groups excluding carboxylic acids is 2. The summed E-state index contributed by atoms with van der Waals surface area (Å²) in [7, 11) is -3.09. The summed E-state index contributed by atoms with van der Waals surface area (Å²) in [6, 6.07) is 2.97. The predicted octanol–water partition coefficient (Wildman–Crippen LogP) is -0.368. The normalized spacial score (nSPS) is 20.4. The van der Waals surface area contributed by atoms with E-state index in [1.807, 2.05) is 0 Å². The van der Waals surface area contributed by atoms with E-state index in [9.17, 15) is 18.0 Å². The lowest BCUT2D eigenvalue weighted by Crippen LogP contribution is -2.42. The van der Waals surface area contributed by atoms with Gasteiger partial charge in [0.1, 0.15) is 5.82 Å². The summed E-state index contributed by atoms with van der Waals surface area (Å²) < 4.78 is 22.5. The molecule has 1 fully saturated rings. The molecule has 0 aromatic carbocycles. The highest BCUT2D eigenvalue weighted by atomic mass is 32.2. The largest absolute Gasteiger partial charge is 0.344 e. The fraction of sp³-hybridized carbons (Fsp3) is 0.417. The summed E-state index contributed by atoms with van der Waals surface area (Å²) in [5, 5.41) is 4.81. The molecule has 0 aliphatic carbocycles. The molecule has 0 saturated carbocycles. The van der Waals surface area contributed by atoms with Gasteiger partial charge in [0.25, 0.3) is 0 Å². The topological polar surface area (TPSA) is 105 Å². The maximum atomic E-state index is 11.7. The summed E-state index contributed by atoms with van der Waals surface area (Å²) in [5.74, 6) is -1.46. The molecule has 1 aromatic heterocycles. The van der Waals surface area contributed by atoms with Crippen LogP contribution in [0.4, 0.5) is 5.82 Å². The highest BCUT2D eigenvalue weighted by Gasteiger charge is 2.30. The molecule has 1 aromatic rings. The van der Waals surface area contributed by atoms with Gasteiger partial charge in [-0.2, -0.15) is 0 Å². The monoisotopic (exact) mass is 297 g/mol. The van der Waals surface area contributed by atoms with E-state index in [1.54, 1.807) is 19.1 Å². The van der Waals surface area contributed by atoms with E-state index in [4.69, 9.17) is 0 Å². The van der Waals surface area contributed by atoms with Gasteiger partial charge in [-0.25, -0.2) is 13.4 Å². The maximum Gasteiger partial charge on any atom is 0.314 e. The number of hydrogen-bond donors (Lipinski definition) is 2. The van der Waals surface area contributed by atoms with Crippen molar-refractivity contribution in [3.8, 4) is 0 Å². The van der Waals surface area contributed by atoms with Crippen LogP contribution in [0, 0.1) is 6.92 Å². The molecule has 1 atom stereocenters. The minimum Gasteiger partial charge on any atom is -0.344 e. The summed E-state index contributed by atoms with van der Waals surface area (Å²) in [6.45, 7) is 1.75. The second kappa shape index (κ2) is 5.58. The van der Waals surface area contributed by atoms with Crippen molar-refractivity contribution in [2.45, 2.75) is 19.4 Å². The van der Waals surface area contributed by atoms with Crippen LogP contribution in [-0.2, 0) is 19.4 Å². The lowest BCUT2D eigenvalue weighted by atomic mass is 10.2. The molecule has 0 bridgehead atoms. The molecule has 2 amide bonds. The van der Waals surface area contributed by atoms with Crippen molar-refractivity contribution in [3.63, 3.8) is 0 Å². The van der Waals surface area contributed by atoms with Crippen molar-refractivity contribution in [1.82, 2.24) is 10.3 Å². The third kappa shape index (κ3) is 3.53. The van der Waals surface area contributed by atoms with E-state index in [1.165, 1.54) is 6.20 Å². The number of sulfone groups is 1. The lowest BCUT2D eigenvalue weighted by Gasteiger charge is -2.11. The zero-order valence-corrected chi connectivity index (χ0v) is 11.7. The van der Waals surface area contributed by atoms with Crippen LogP contribution in [0.25, 0.3) is 0 Å². The van der Waals surface area contributed by atoms with Gasteiger partial charge in [-0.1, -0.05) is 6.07 Å². The van der Waals surface area contributed by atoms with Gasteiger partial charge >= 0.3 is 11.8 Å². The van der Waals surface area contributed by atoms with Gasteiger partial charge in [0.15, 0.2) is 9.84 Å². The highest BCUT2D eigenvalue weighted by molar-refractivity contribution is 7.91. The SMILES string of the molecule is Cc1cccnc1NC(=O)C(=O)NC1CCS(=O)(=O)C1. The number of aromatic nitrogens is 1. The number of rotatable bonds is 2. The minimum atomic E-state index is -3.09. The van der Waals surface area contributed by atoms with Crippen LogP contribution in [0.5, 0.6) is 0 Å². The van der Waals surface area contributed by atoms with Gasteiger partial charge in [0.05, 0.1) is 11.5 Å². The summed E-state index contributed by atoms with van der Waals surface area (Å²) in [4.78, 5) is 27.3. The highest BCUT2D eigenvalue weighted by Crippen LogP contribution is 2.12. The molecule has 1 aliphatic rings. The maximum absolute atomic E-state index is 11.7. The van der Waals surface area contributed by atoms with Crippen molar-refractivity contribution < 1.29 is 18.0 Å². The molecular weight excluding hydrogens is 282 g/mol. The molecule has 0 spiro atoms. The molecule has 108 valence electrons. The average molecular weight is 297 g/mol. The molecular formula is C12H15N3O4S. The van der Waals surface area contributed by atoms with Crippen molar-refractivity contribution in [1.29, 1.82) is 0 Å². The predicted molar refractivity (Wildman–Crippen MR) is 72.8 cm³/mol. The van der Waals surface area contributed by atoms with Crippen LogP contribution in [0.2, 0.25) is 0 Å². The molecule has 1 aliphatic heterocycles. The van der Waals surface area contributed by atoms with Gasteiger partial charge in [-0.15, -0.1) is 0 Å². The summed E-state index contributed by atoms with van der Waals surface area (Å²) in [5.41, 5.74) is 0.733. The number of pyridine rings is 1. The van der Waals surface area contributed by atoms with Gasteiger partial charge in [-0.05, 0) is 25.0 Å². The molecule has 7 nitrogen and oxygen atoms in total. The first-order chi connectivity index (χ1) is 9.37. The summed E-state index contributed by atoms with van der Waals surface area (Å²) >= 11 is 0. The Bertz CT molecular complexity index is 642. The Morgan fingerprint density at radius 3 is 2.70 bits per heavy atom. The van der Waals surface area contributed by atoms with Crippen LogP contribution < -0.4 is 10.6 Å². The molecule has 1 saturated heterocycles. The Morgan fingerprint density at radius 2 is 2.10 bits per heavy atom. The average Bonchev–Trinajstić information content (AvgIpc) is 2.71. The van der Waals surface area contributed by atoms with Crippen molar-refractivity contribution >= 4 is 27.5 Å². The molecule has 2 N–H and O–H groups in total. The lowest BCUT2D eigenvalue weighted by molar-refractivity contribution is -0.136. The molecule has 2 rings (SSSR count). The zero-order valence-electron chi connectivity index (χ0n) is 10.9. The van der Waals surface area contributed by atoms with Crippen LogP contribution >= 0.6 is 0 Å². The molecule has 1 unspecified atom stereocenters. The Labute approximate surface area is 116 Å². The second-order valence-corrected chi connectivity index (χ2v) is 6.93. The van der Waals surface area contributed by atoms with Crippen LogP contribution in [0.15, 0.2) is 18.3 Å². The Kier molecular flexibility index (Phi) is 4.03. The van der Waals surface area contributed by atoms with E-state index < -0.39 is 27.7 Å². The van der Waals surface area contributed by atoms with E-state index >= 15 is 0 Å². The third-order valence-corrected chi connectivity index (χ3v) is 4.78. The molecule has 8 heteroatoms. The fourth-order valence-electron chi connectivity index (χ4n) is 1.94. The van der Waals surface area contributed by atoms with Gasteiger partial charge in [0.2, 0.25) is 0 Å². The smallest absolute Gasteiger partial charge is 0.314 e. The first kappa shape index (κ1) is 14.4. The van der Waals surface area contributed by atoms with E-state index in [-0.39, 0.29) is 11.5 Å². The molecule has 2 heterocycles. The van der Waals surface area contributed by atoms with Crippen LogP contribution in [-0.4, -0.2) is 42.8 Å². The number of nitrogens with zero attached hydrogens (tertiary/aromatic N) is 1. The van der Waals surface area contributed by atoms with E-state index in [0.717, 1.165) is 5.56 Å². The van der Waals surface area contributed by atoms with Crippen LogP contribution in [0.3, 0.4) is 0 Å². The Hall–Kier alpha value is -1.96. The number of carbonyl (C=O) groups is 2. The fourth-order valence-corrected chi connectivity index (χ4v) is 3.61. The van der Waals surface area contributed by atoms with Gasteiger partial charge in [0, 0.05) is 12.2 Å². The minimum absolute atomic E-state index is 0.0406. The quantitative estimate of drug-likeness (QED) is 0.725. The molecule has 0 radical (unpaired) electrons. The first-order valence-electron chi connectivity index (χ1n) is 6.11.